The fraction of sp³-hybridized carbons (Fsp3) is 0.227. The molecule has 4 rings (SSSR count). The van der Waals surface area contributed by atoms with E-state index in [0.717, 1.165) is 39.7 Å². The largest absolute Gasteiger partial charge is 0.495 e. The number of halogens is 1. The van der Waals surface area contributed by atoms with Gasteiger partial charge in [-0.1, -0.05) is 30.3 Å². The number of anilines is 2. The highest BCUT2D eigenvalue weighted by atomic mass is 79.9. The number of benzene rings is 3. The first-order chi connectivity index (χ1) is 13.2. The number of methoxy groups -OCH3 is 1. The highest BCUT2D eigenvalue weighted by Gasteiger charge is 2.19. The average molecular weight is 425 g/mol. The summed E-state index contributed by atoms with van der Waals surface area (Å²) in [4.78, 5) is 15.3. The molecule has 0 saturated carbocycles. The fourth-order valence-corrected chi connectivity index (χ4v) is 4.34. The van der Waals surface area contributed by atoms with E-state index in [2.05, 4.69) is 32.2 Å². The van der Waals surface area contributed by atoms with Crippen molar-refractivity contribution in [1.29, 1.82) is 0 Å². The second-order valence-corrected chi connectivity index (χ2v) is 7.48. The molecule has 4 nitrogen and oxygen atoms in total. The molecule has 0 atom stereocenters. The Morgan fingerprint density at radius 1 is 1.07 bits per heavy atom. The number of amides is 1. The molecule has 1 fully saturated rings. The third-order valence-electron chi connectivity index (χ3n) is 4.97. The molecular weight excluding hydrogens is 404 g/mol. The van der Waals surface area contributed by atoms with Gasteiger partial charge in [0.15, 0.2) is 0 Å². The first kappa shape index (κ1) is 17.9. The van der Waals surface area contributed by atoms with Crippen LogP contribution in [0.25, 0.3) is 10.8 Å². The van der Waals surface area contributed by atoms with Crippen molar-refractivity contribution in [3.8, 4) is 5.75 Å². The zero-order valence-corrected chi connectivity index (χ0v) is 16.8. The van der Waals surface area contributed by atoms with E-state index in [4.69, 9.17) is 4.74 Å². The molecule has 0 aliphatic carbocycles. The zero-order chi connectivity index (χ0) is 18.8. The van der Waals surface area contributed by atoms with E-state index in [1.54, 1.807) is 7.11 Å². The number of ether oxygens (including phenoxy) is 1. The minimum atomic E-state index is -0.183. The highest BCUT2D eigenvalue weighted by Crippen LogP contribution is 2.37. The van der Waals surface area contributed by atoms with Gasteiger partial charge in [0.2, 0.25) is 0 Å². The normalized spacial score (nSPS) is 13.8. The minimum absolute atomic E-state index is 0.183. The summed E-state index contributed by atoms with van der Waals surface area (Å²) < 4.78 is 6.32. The van der Waals surface area contributed by atoms with Gasteiger partial charge >= 0.3 is 0 Å². The van der Waals surface area contributed by atoms with Gasteiger partial charge in [-0.2, -0.15) is 0 Å². The highest BCUT2D eigenvalue weighted by molar-refractivity contribution is 9.10. The fourth-order valence-electron chi connectivity index (χ4n) is 3.61. The van der Waals surface area contributed by atoms with Crippen LogP contribution in [-0.2, 0) is 0 Å². The van der Waals surface area contributed by atoms with E-state index < -0.39 is 0 Å². The molecule has 3 aromatic rings. The standard InChI is InChI=1S/C22H21BrN2O2/c1-27-21-19(13-15-7-2-3-10-18(15)20(21)23)22(26)24-16-8-6-9-17(14-16)25-11-4-5-12-25/h2-3,6-10,13-14H,4-5,11-12H2,1H3,(H,24,26). The van der Waals surface area contributed by atoms with Gasteiger partial charge in [-0.25, -0.2) is 0 Å². The van der Waals surface area contributed by atoms with Crippen molar-refractivity contribution < 1.29 is 9.53 Å². The molecule has 1 amide bonds. The molecule has 5 heteroatoms. The lowest BCUT2D eigenvalue weighted by atomic mass is 10.0. The van der Waals surface area contributed by atoms with E-state index in [1.165, 1.54) is 12.8 Å². The second-order valence-electron chi connectivity index (χ2n) is 6.69. The number of carbonyl (C=O) groups excluding carboxylic acids is 1. The lowest BCUT2D eigenvalue weighted by molar-refractivity contribution is 0.102. The van der Waals surface area contributed by atoms with Crippen LogP contribution in [0.2, 0.25) is 0 Å². The monoisotopic (exact) mass is 424 g/mol. The van der Waals surface area contributed by atoms with Crippen LogP contribution in [-0.4, -0.2) is 26.1 Å². The summed E-state index contributed by atoms with van der Waals surface area (Å²) in [6.45, 7) is 2.14. The topological polar surface area (TPSA) is 41.6 Å². The van der Waals surface area contributed by atoms with E-state index in [-0.39, 0.29) is 5.91 Å². The van der Waals surface area contributed by atoms with Gasteiger partial charge in [0.25, 0.3) is 5.91 Å². The van der Waals surface area contributed by atoms with Gasteiger partial charge < -0.3 is 15.0 Å². The van der Waals surface area contributed by atoms with Crippen molar-refractivity contribution in [2.24, 2.45) is 0 Å². The molecule has 1 aliphatic rings. The molecule has 1 N–H and O–H groups in total. The number of hydrogen-bond acceptors (Lipinski definition) is 3. The van der Waals surface area contributed by atoms with Gasteiger partial charge in [-0.05, 0) is 63.8 Å². The second kappa shape index (κ2) is 7.61. The number of carbonyl (C=O) groups is 1. The molecule has 27 heavy (non-hydrogen) atoms. The number of rotatable bonds is 4. The Morgan fingerprint density at radius 2 is 1.85 bits per heavy atom. The zero-order valence-electron chi connectivity index (χ0n) is 15.2. The van der Waals surface area contributed by atoms with Crippen molar-refractivity contribution in [3.05, 3.63) is 64.6 Å². The van der Waals surface area contributed by atoms with Gasteiger partial charge in [-0.15, -0.1) is 0 Å². The average Bonchev–Trinajstić information content (AvgIpc) is 3.23. The minimum Gasteiger partial charge on any atom is -0.495 e. The van der Waals surface area contributed by atoms with Crippen molar-refractivity contribution in [3.63, 3.8) is 0 Å². The Balaban J connectivity index is 1.66. The maximum absolute atomic E-state index is 13.0. The molecule has 0 aromatic heterocycles. The van der Waals surface area contributed by atoms with Gasteiger partial charge in [-0.3, -0.25) is 4.79 Å². The first-order valence-corrected chi connectivity index (χ1v) is 9.88. The van der Waals surface area contributed by atoms with Crippen LogP contribution in [0.3, 0.4) is 0 Å². The summed E-state index contributed by atoms with van der Waals surface area (Å²) in [7, 11) is 1.58. The maximum Gasteiger partial charge on any atom is 0.259 e. The van der Waals surface area contributed by atoms with Gasteiger partial charge in [0.1, 0.15) is 5.75 Å². The number of hydrogen-bond donors (Lipinski definition) is 1. The quantitative estimate of drug-likeness (QED) is 0.603. The predicted octanol–water partition coefficient (Wildman–Crippen LogP) is 5.46. The summed E-state index contributed by atoms with van der Waals surface area (Å²) in [6.07, 6.45) is 2.44. The molecule has 0 spiro atoms. The molecule has 1 aliphatic heterocycles. The van der Waals surface area contributed by atoms with Crippen molar-refractivity contribution in [2.45, 2.75) is 12.8 Å². The Morgan fingerprint density at radius 3 is 2.63 bits per heavy atom. The molecule has 138 valence electrons. The van der Waals surface area contributed by atoms with Crippen molar-refractivity contribution in [1.82, 2.24) is 0 Å². The number of nitrogens with one attached hydrogen (secondary N) is 1. The number of nitrogens with zero attached hydrogens (tertiary/aromatic N) is 1. The summed E-state index contributed by atoms with van der Waals surface area (Å²) >= 11 is 3.59. The van der Waals surface area contributed by atoms with Crippen LogP contribution < -0.4 is 15.0 Å². The first-order valence-electron chi connectivity index (χ1n) is 9.09. The third kappa shape index (κ3) is 3.52. The summed E-state index contributed by atoms with van der Waals surface area (Å²) in [6, 6.07) is 17.8. The Bertz CT molecular complexity index is 997. The molecule has 1 heterocycles. The van der Waals surface area contributed by atoms with Crippen LogP contribution >= 0.6 is 15.9 Å². The third-order valence-corrected chi connectivity index (χ3v) is 5.75. The van der Waals surface area contributed by atoms with Crippen LogP contribution in [0.4, 0.5) is 11.4 Å². The van der Waals surface area contributed by atoms with E-state index in [9.17, 15) is 4.79 Å². The van der Waals surface area contributed by atoms with Gasteiger partial charge in [0.05, 0.1) is 17.1 Å². The van der Waals surface area contributed by atoms with E-state index >= 15 is 0 Å². The van der Waals surface area contributed by atoms with Crippen molar-refractivity contribution in [2.75, 3.05) is 30.4 Å². The lowest BCUT2D eigenvalue weighted by Crippen LogP contribution is -2.18. The number of fused-ring (bicyclic) bond motifs is 1. The van der Waals surface area contributed by atoms with Crippen LogP contribution in [0.1, 0.15) is 23.2 Å². The Labute approximate surface area is 167 Å². The Hall–Kier alpha value is -2.53. The molecule has 3 aromatic carbocycles. The summed E-state index contributed by atoms with van der Waals surface area (Å²) in [5.74, 6) is 0.360. The Kier molecular flexibility index (Phi) is 5.03. The smallest absolute Gasteiger partial charge is 0.259 e. The summed E-state index contributed by atoms with van der Waals surface area (Å²) in [5, 5.41) is 5.03. The van der Waals surface area contributed by atoms with Gasteiger partial charge in [0, 0.05) is 24.5 Å². The predicted molar refractivity (Wildman–Crippen MR) is 114 cm³/mol. The molecule has 0 bridgehead atoms. The van der Waals surface area contributed by atoms with Crippen molar-refractivity contribution >= 4 is 44.0 Å². The van der Waals surface area contributed by atoms with E-state index in [1.807, 2.05) is 48.5 Å². The molecule has 0 radical (unpaired) electrons. The lowest BCUT2D eigenvalue weighted by Gasteiger charge is -2.19. The van der Waals surface area contributed by atoms with Crippen LogP contribution in [0.5, 0.6) is 5.75 Å². The van der Waals surface area contributed by atoms with Crippen LogP contribution in [0, 0.1) is 0 Å². The van der Waals surface area contributed by atoms with Crippen LogP contribution in [0.15, 0.2) is 59.1 Å². The van der Waals surface area contributed by atoms with E-state index in [0.29, 0.717) is 11.3 Å². The SMILES string of the molecule is COc1c(C(=O)Nc2cccc(N3CCCC3)c2)cc2ccccc2c1Br. The molecular formula is C22H21BrN2O2. The maximum atomic E-state index is 13.0. The molecule has 0 unspecified atom stereocenters. The molecule has 1 saturated heterocycles. The summed E-state index contributed by atoms with van der Waals surface area (Å²) in [5.41, 5.74) is 2.45.